The van der Waals surface area contributed by atoms with Crippen molar-refractivity contribution < 1.29 is 4.79 Å². The van der Waals surface area contributed by atoms with Crippen molar-refractivity contribution in [3.8, 4) is 0 Å². The molecule has 1 aromatic rings. The Kier molecular flexibility index (Phi) is 3.02. The van der Waals surface area contributed by atoms with Crippen molar-refractivity contribution >= 4 is 46.3 Å². The van der Waals surface area contributed by atoms with Crippen LogP contribution in [0, 0.1) is 0 Å². The molecule has 0 atom stereocenters. The van der Waals surface area contributed by atoms with Gasteiger partial charge >= 0.3 is 0 Å². The zero-order valence-electron chi connectivity index (χ0n) is 8.09. The first-order valence-electron chi connectivity index (χ1n) is 4.32. The maximum Gasteiger partial charge on any atom is 0.298 e. The van der Waals surface area contributed by atoms with Gasteiger partial charge in [-0.3, -0.25) is 4.79 Å². The Labute approximate surface area is 107 Å². The largest absolute Gasteiger partial charge is 0.298 e. The summed E-state index contributed by atoms with van der Waals surface area (Å²) < 4.78 is 0. The van der Waals surface area contributed by atoms with Crippen LogP contribution in [0.2, 0.25) is 15.1 Å². The minimum Gasteiger partial charge on any atom is -0.265 e. The number of nitrogens with zero attached hydrogens (tertiary/aromatic N) is 2. The van der Waals surface area contributed by atoms with E-state index in [1.165, 1.54) is 12.1 Å². The molecule has 0 fully saturated rings. The molecule has 1 aliphatic rings. The van der Waals surface area contributed by atoms with E-state index in [2.05, 4.69) is 10.2 Å². The Morgan fingerprint density at radius 2 is 1.62 bits per heavy atom. The number of carbonyl (C=O) groups is 1. The van der Waals surface area contributed by atoms with Crippen molar-refractivity contribution in [2.24, 2.45) is 10.2 Å². The molecule has 0 aromatic heterocycles. The fraction of sp³-hybridized carbons (Fsp3) is 0.100. The topological polar surface area (TPSA) is 41.8 Å². The van der Waals surface area contributed by atoms with Gasteiger partial charge in [-0.2, -0.15) is 5.11 Å². The first-order valence-corrected chi connectivity index (χ1v) is 5.46. The van der Waals surface area contributed by atoms with Crippen LogP contribution in [0.25, 0.3) is 5.57 Å². The predicted molar refractivity (Wildman–Crippen MR) is 63.9 cm³/mol. The second-order valence-electron chi connectivity index (χ2n) is 3.21. The number of benzene rings is 1. The van der Waals surface area contributed by atoms with Crippen LogP contribution in [-0.4, -0.2) is 5.91 Å². The quantitative estimate of drug-likeness (QED) is 0.750. The highest BCUT2D eigenvalue weighted by molar-refractivity contribution is 6.43. The predicted octanol–water partition coefficient (Wildman–Crippen LogP) is 4.37. The van der Waals surface area contributed by atoms with Crippen LogP contribution < -0.4 is 0 Å². The summed E-state index contributed by atoms with van der Waals surface area (Å²) in [5, 5.41) is 8.16. The average Bonchev–Trinajstić information content (AvgIpc) is 2.47. The molecule has 0 radical (unpaired) electrons. The third-order valence-electron chi connectivity index (χ3n) is 2.12. The molecule has 0 saturated carbocycles. The minimum atomic E-state index is -0.441. The molecule has 0 saturated heterocycles. The van der Waals surface area contributed by atoms with Gasteiger partial charge in [0.1, 0.15) is 0 Å². The van der Waals surface area contributed by atoms with E-state index in [9.17, 15) is 4.79 Å². The molecule has 0 bridgehead atoms. The molecular weight excluding hydrogens is 270 g/mol. The van der Waals surface area contributed by atoms with Crippen LogP contribution in [0.4, 0.5) is 0 Å². The van der Waals surface area contributed by atoms with E-state index in [1.807, 2.05) is 0 Å². The third kappa shape index (κ3) is 1.86. The lowest BCUT2D eigenvalue weighted by molar-refractivity contribution is -0.112. The number of azo groups is 1. The minimum absolute atomic E-state index is 0.313. The lowest BCUT2D eigenvalue weighted by Crippen LogP contribution is -1.97. The van der Waals surface area contributed by atoms with E-state index in [-0.39, 0.29) is 0 Å². The van der Waals surface area contributed by atoms with E-state index in [0.29, 0.717) is 31.9 Å². The van der Waals surface area contributed by atoms with Gasteiger partial charge in [-0.25, -0.2) is 0 Å². The number of amides is 1. The average molecular weight is 276 g/mol. The SMILES string of the molecule is CC1=C(c2c(Cl)cc(Cl)cc2Cl)C(=O)N=N1. The molecule has 0 spiro atoms. The standard InChI is InChI=1S/C10H5Cl3N2O/c1-4-8(10(16)15-14-4)9-6(12)2-5(11)3-7(9)13/h2-3H,1H3. The lowest BCUT2D eigenvalue weighted by Gasteiger charge is -2.07. The molecule has 2 rings (SSSR count). The zero-order chi connectivity index (χ0) is 11.9. The summed E-state index contributed by atoms with van der Waals surface area (Å²) in [5.74, 6) is -0.441. The molecule has 6 heteroatoms. The van der Waals surface area contributed by atoms with Gasteiger partial charge in [-0.05, 0) is 19.1 Å². The van der Waals surface area contributed by atoms with E-state index in [0.717, 1.165) is 0 Å². The molecular formula is C10H5Cl3N2O. The van der Waals surface area contributed by atoms with Crippen molar-refractivity contribution in [3.05, 3.63) is 38.5 Å². The summed E-state index contributed by atoms with van der Waals surface area (Å²) >= 11 is 17.8. The normalized spacial score (nSPS) is 15.1. The Hall–Kier alpha value is -0.900. The van der Waals surface area contributed by atoms with Crippen molar-refractivity contribution in [1.29, 1.82) is 0 Å². The molecule has 1 heterocycles. The maximum absolute atomic E-state index is 11.5. The fourth-order valence-corrected chi connectivity index (χ4v) is 2.45. The second-order valence-corrected chi connectivity index (χ2v) is 4.46. The summed E-state index contributed by atoms with van der Waals surface area (Å²) in [7, 11) is 0. The summed E-state index contributed by atoms with van der Waals surface area (Å²) in [5.41, 5.74) is 1.25. The summed E-state index contributed by atoms with van der Waals surface area (Å²) in [6.07, 6.45) is 0. The van der Waals surface area contributed by atoms with Crippen LogP contribution in [0.3, 0.4) is 0 Å². The van der Waals surface area contributed by atoms with E-state index in [4.69, 9.17) is 34.8 Å². The summed E-state index contributed by atoms with van der Waals surface area (Å²) in [4.78, 5) is 11.5. The monoisotopic (exact) mass is 274 g/mol. The Morgan fingerprint density at radius 1 is 1.06 bits per heavy atom. The van der Waals surface area contributed by atoms with Gasteiger partial charge in [0.05, 0.1) is 21.3 Å². The molecule has 0 N–H and O–H groups in total. The molecule has 0 unspecified atom stereocenters. The molecule has 1 amide bonds. The number of halogens is 3. The highest BCUT2D eigenvalue weighted by Crippen LogP contribution is 2.38. The summed E-state index contributed by atoms with van der Waals surface area (Å²) in [6.45, 7) is 1.67. The fourth-order valence-electron chi connectivity index (χ4n) is 1.44. The summed E-state index contributed by atoms with van der Waals surface area (Å²) in [6, 6.07) is 3.05. The van der Waals surface area contributed by atoms with Crippen molar-refractivity contribution in [1.82, 2.24) is 0 Å². The number of rotatable bonds is 1. The van der Waals surface area contributed by atoms with Gasteiger partial charge in [0, 0.05) is 10.6 Å². The van der Waals surface area contributed by atoms with Crippen molar-refractivity contribution in [2.75, 3.05) is 0 Å². The van der Waals surface area contributed by atoms with Crippen LogP contribution in [0.1, 0.15) is 12.5 Å². The maximum atomic E-state index is 11.5. The Bertz CT molecular complexity index is 526. The van der Waals surface area contributed by atoms with Gasteiger partial charge in [0.2, 0.25) is 0 Å². The number of hydrogen-bond acceptors (Lipinski definition) is 2. The highest BCUT2D eigenvalue weighted by Gasteiger charge is 2.25. The first-order chi connectivity index (χ1) is 7.50. The highest BCUT2D eigenvalue weighted by atomic mass is 35.5. The van der Waals surface area contributed by atoms with Gasteiger partial charge in [-0.15, -0.1) is 5.11 Å². The molecule has 1 aliphatic heterocycles. The Balaban J connectivity index is 2.67. The molecule has 3 nitrogen and oxygen atoms in total. The Morgan fingerprint density at radius 3 is 2.06 bits per heavy atom. The van der Waals surface area contributed by atoms with Crippen molar-refractivity contribution in [3.63, 3.8) is 0 Å². The molecule has 82 valence electrons. The van der Waals surface area contributed by atoms with E-state index in [1.54, 1.807) is 6.92 Å². The van der Waals surface area contributed by atoms with Gasteiger partial charge < -0.3 is 0 Å². The van der Waals surface area contributed by atoms with Crippen molar-refractivity contribution in [2.45, 2.75) is 6.92 Å². The number of allylic oxidation sites excluding steroid dienone is 1. The van der Waals surface area contributed by atoms with Crippen LogP contribution in [0.15, 0.2) is 28.1 Å². The van der Waals surface area contributed by atoms with Gasteiger partial charge in [0.15, 0.2) is 0 Å². The lowest BCUT2D eigenvalue weighted by atomic mass is 10.0. The van der Waals surface area contributed by atoms with Gasteiger partial charge in [-0.1, -0.05) is 34.8 Å². The molecule has 1 aromatic carbocycles. The zero-order valence-corrected chi connectivity index (χ0v) is 10.4. The third-order valence-corrected chi connectivity index (χ3v) is 2.94. The molecule has 0 aliphatic carbocycles. The van der Waals surface area contributed by atoms with Crippen LogP contribution >= 0.6 is 34.8 Å². The second kappa shape index (κ2) is 4.17. The van der Waals surface area contributed by atoms with Gasteiger partial charge in [0.25, 0.3) is 5.91 Å². The van der Waals surface area contributed by atoms with Crippen LogP contribution in [0.5, 0.6) is 0 Å². The number of hydrogen-bond donors (Lipinski definition) is 0. The van der Waals surface area contributed by atoms with Crippen LogP contribution in [-0.2, 0) is 4.79 Å². The first kappa shape index (κ1) is 11.6. The number of carbonyl (C=O) groups excluding carboxylic acids is 1. The molecule has 16 heavy (non-hydrogen) atoms. The van der Waals surface area contributed by atoms with E-state index >= 15 is 0 Å². The van der Waals surface area contributed by atoms with E-state index < -0.39 is 5.91 Å². The smallest absolute Gasteiger partial charge is 0.265 e.